The fourth-order valence-corrected chi connectivity index (χ4v) is 5.79. The van der Waals surface area contributed by atoms with Crippen molar-refractivity contribution in [2.75, 3.05) is 38.2 Å². The number of rotatable bonds is 8. The van der Waals surface area contributed by atoms with E-state index in [-0.39, 0.29) is 0 Å². The van der Waals surface area contributed by atoms with E-state index in [0.29, 0.717) is 12.0 Å². The summed E-state index contributed by atoms with van der Waals surface area (Å²) < 4.78 is 11.4. The molecule has 1 aliphatic heterocycles. The first kappa shape index (κ1) is 26.5. The zero-order chi connectivity index (χ0) is 28.6. The van der Waals surface area contributed by atoms with Crippen LogP contribution in [-0.4, -0.2) is 77.1 Å². The van der Waals surface area contributed by atoms with E-state index in [4.69, 9.17) is 14.8 Å². The topological polar surface area (TPSA) is 104 Å². The van der Waals surface area contributed by atoms with Crippen molar-refractivity contribution in [2.24, 2.45) is 7.05 Å². The minimum absolute atomic E-state index is 0.331. The van der Waals surface area contributed by atoms with Gasteiger partial charge >= 0.3 is 0 Å². The maximum Gasteiger partial charge on any atom is 0.227 e. The van der Waals surface area contributed by atoms with Gasteiger partial charge in [-0.2, -0.15) is 15.3 Å². The van der Waals surface area contributed by atoms with Gasteiger partial charge in [0.25, 0.3) is 0 Å². The summed E-state index contributed by atoms with van der Waals surface area (Å²) in [6.45, 7) is 9.60. The van der Waals surface area contributed by atoms with E-state index in [2.05, 4.69) is 69.7 Å². The molecule has 7 rings (SSSR count). The van der Waals surface area contributed by atoms with Crippen LogP contribution in [0.1, 0.15) is 31.1 Å². The molecule has 0 radical (unpaired) electrons. The van der Waals surface area contributed by atoms with Gasteiger partial charge in [-0.3, -0.25) is 18.9 Å². The number of nitrogens with one attached hydrogen (secondary N) is 1. The number of aryl methyl sites for hydroxylation is 3. The molecule has 11 heteroatoms. The molecule has 2 aliphatic rings. The highest BCUT2D eigenvalue weighted by Gasteiger charge is 2.27. The third-order valence-corrected chi connectivity index (χ3v) is 8.11. The second-order valence-electron chi connectivity index (χ2n) is 11.3. The zero-order valence-corrected chi connectivity index (χ0v) is 24.4. The lowest BCUT2D eigenvalue weighted by molar-refractivity contribution is 0.0360. The molecule has 0 spiro atoms. The number of morpholine rings is 1. The SMILES string of the molecule is CC(C)n1cc(-c2ccc(-c3c4c(nn3C)CCc3cnc(Nc5cnn(CCN6CCOCC6)c5)nc3-4)cc2)cn1. The zero-order valence-electron chi connectivity index (χ0n) is 24.4. The van der Waals surface area contributed by atoms with Gasteiger partial charge in [-0.05, 0) is 37.8 Å². The monoisotopic (exact) mass is 564 g/mol. The predicted molar refractivity (Wildman–Crippen MR) is 161 cm³/mol. The highest BCUT2D eigenvalue weighted by atomic mass is 16.5. The molecule has 0 saturated carbocycles. The van der Waals surface area contributed by atoms with Crippen LogP contribution >= 0.6 is 0 Å². The molecule has 1 aromatic carbocycles. The molecule has 1 fully saturated rings. The first-order chi connectivity index (χ1) is 20.5. The van der Waals surface area contributed by atoms with Gasteiger partial charge in [0.15, 0.2) is 0 Å². The minimum Gasteiger partial charge on any atom is -0.379 e. The van der Waals surface area contributed by atoms with Crippen molar-refractivity contribution in [3.8, 4) is 33.6 Å². The molecule has 0 unspecified atom stereocenters. The van der Waals surface area contributed by atoms with Crippen molar-refractivity contribution < 1.29 is 4.74 Å². The maximum atomic E-state index is 5.45. The molecule has 11 nitrogen and oxygen atoms in total. The molecule has 5 aromatic rings. The van der Waals surface area contributed by atoms with Crippen molar-refractivity contribution >= 4 is 11.6 Å². The number of nitrogens with zero attached hydrogens (tertiary/aromatic N) is 9. The van der Waals surface area contributed by atoms with E-state index in [1.165, 1.54) is 0 Å². The molecule has 5 heterocycles. The second kappa shape index (κ2) is 11.1. The standard InChI is InChI=1S/C31H36N10O/c1-21(2)41-19-25(17-34-41)22-4-6-23(7-5-22)30-28-27(37-38(30)3)9-8-24-16-32-31(36-29(24)28)35-26-18-33-40(20-26)11-10-39-12-14-42-15-13-39/h4-7,16-21H,8-15H2,1-3H3,(H,32,35,36). The number of aromatic nitrogens is 8. The van der Waals surface area contributed by atoms with Crippen molar-refractivity contribution in [3.05, 3.63) is 66.5 Å². The maximum absolute atomic E-state index is 5.45. The number of hydrogen-bond acceptors (Lipinski definition) is 8. The summed E-state index contributed by atoms with van der Waals surface area (Å²) in [5, 5.41) is 17.3. The average Bonchev–Trinajstić information content (AvgIpc) is 3.75. The third kappa shape index (κ3) is 5.21. The quantitative estimate of drug-likeness (QED) is 0.297. The Hall–Kier alpha value is -4.35. The van der Waals surface area contributed by atoms with E-state index in [0.717, 1.165) is 103 Å². The predicted octanol–water partition coefficient (Wildman–Crippen LogP) is 4.36. The largest absolute Gasteiger partial charge is 0.379 e. The minimum atomic E-state index is 0.331. The van der Waals surface area contributed by atoms with Crippen LogP contribution in [0.25, 0.3) is 33.6 Å². The van der Waals surface area contributed by atoms with Crippen LogP contribution in [-0.2, 0) is 31.2 Å². The Labute approximate surface area is 245 Å². The van der Waals surface area contributed by atoms with Crippen LogP contribution in [0.5, 0.6) is 0 Å². The average molecular weight is 565 g/mol. The smallest absolute Gasteiger partial charge is 0.227 e. The first-order valence-corrected chi connectivity index (χ1v) is 14.7. The summed E-state index contributed by atoms with van der Waals surface area (Å²) in [5.41, 5.74) is 9.54. The molecule has 0 amide bonds. The van der Waals surface area contributed by atoms with E-state index >= 15 is 0 Å². The summed E-state index contributed by atoms with van der Waals surface area (Å²) in [4.78, 5) is 12.1. The number of ether oxygens (including phenoxy) is 1. The van der Waals surface area contributed by atoms with Crippen LogP contribution < -0.4 is 5.32 Å². The molecule has 42 heavy (non-hydrogen) atoms. The highest BCUT2D eigenvalue weighted by Crippen LogP contribution is 2.40. The van der Waals surface area contributed by atoms with Crippen molar-refractivity contribution in [2.45, 2.75) is 39.3 Å². The Kier molecular flexibility index (Phi) is 7.04. The Morgan fingerprint density at radius 3 is 2.50 bits per heavy atom. The lowest BCUT2D eigenvalue weighted by Gasteiger charge is -2.26. The number of benzene rings is 1. The molecule has 1 aliphatic carbocycles. The van der Waals surface area contributed by atoms with Crippen LogP contribution in [0, 0.1) is 0 Å². The van der Waals surface area contributed by atoms with Crippen LogP contribution in [0.15, 0.2) is 55.2 Å². The Morgan fingerprint density at radius 1 is 0.905 bits per heavy atom. The lowest BCUT2D eigenvalue weighted by Crippen LogP contribution is -2.38. The van der Waals surface area contributed by atoms with Crippen molar-refractivity contribution in [3.63, 3.8) is 0 Å². The fourth-order valence-electron chi connectivity index (χ4n) is 5.79. The van der Waals surface area contributed by atoms with Gasteiger partial charge in [0.1, 0.15) is 0 Å². The third-order valence-electron chi connectivity index (χ3n) is 8.11. The van der Waals surface area contributed by atoms with Gasteiger partial charge in [-0.15, -0.1) is 0 Å². The molecule has 216 valence electrons. The number of hydrogen-bond donors (Lipinski definition) is 1. The van der Waals surface area contributed by atoms with E-state index in [1.54, 1.807) is 0 Å². The lowest BCUT2D eigenvalue weighted by atomic mass is 9.91. The summed E-state index contributed by atoms with van der Waals surface area (Å²) >= 11 is 0. The van der Waals surface area contributed by atoms with E-state index in [1.807, 2.05) is 45.9 Å². The molecule has 4 aromatic heterocycles. The highest BCUT2D eigenvalue weighted by molar-refractivity contribution is 5.85. The van der Waals surface area contributed by atoms with Gasteiger partial charge in [-0.1, -0.05) is 24.3 Å². The Bertz CT molecular complexity index is 1690. The molecule has 0 atom stereocenters. The summed E-state index contributed by atoms with van der Waals surface area (Å²) in [7, 11) is 2.01. The Balaban J connectivity index is 1.13. The van der Waals surface area contributed by atoms with Crippen molar-refractivity contribution in [1.82, 2.24) is 44.2 Å². The van der Waals surface area contributed by atoms with Crippen molar-refractivity contribution in [1.29, 1.82) is 0 Å². The molecule has 1 saturated heterocycles. The normalized spacial score (nSPS) is 15.1. The van der Waals surface area contributed by atoms with Gasteiger partial charge in [0.2, 0.25) is 5.95 Å². The van der Waals surface area contributed by atoms with Gasteiger partial charge < -0.3 is 10.1 Å². The van der Waals surface area contributed by atoms with E-state index in [9.17, 15) is 0 Å². The Morgan fingerprint density at radius 2 is 1.71 bits per heavy atom. The van der Waals surface area contributed by atoms with Gasteiger partial charge in [0.05, 0.1) is 54.9 Å². The summed E-state index contributed by atoms with van der Waals surface area (Å²) in [6.07, 6.45) is 11.6. The number of fused-ring (bicyclic) bond motifs is 3. The van der Waals surface area contributed by atoms with Crippen LogP contribution in [0.4, 0.5) is 11.6 Å². The van der Waals surface area contributed by atoms with E-state index < -0.39 is 0 Å². The number of anilines is 2. The second-order valence-corrected chi connectivity index (χ2v) is 11.3. The summed E-state index contributed by atoms with van der Waals surface area (Å²) in [6, 6.07) is 8.98. The van der Waals surface area contributed by atoms with Crippen LogP contribution in [0.3, 0.4) is 0 Å². The molecule has 1 N–H and O–H groups in total. The van der Waals surface area contributed by atoms with Crippen LogP contribution in [0.2, 0.25) is 0 Å². The molecule has 0 bridgehead atoms. The molecular formula is C31H36N10O. The summed E-state index contributed by atoms with van der Waals surface area (Å²) in [5.74, 6) is 0.557. The molecular weight excluding hydrogens is 528 g/mol. The first-order valence-electron chi connectivity index (χ1n) is 14.7. The van der Waals surface area contributed by atoms with Gasteiger partial charge in [-0.25, -0.2) is 9.97 Å². The fraction of sp³-hybridized carbons (Fsp3) is 0.387. The van der Waals surface area contributed by atoms with Gasteiger partial charge in [0, 0.05) is 68.0 Å².